The number of unbranched alkanes of at least 4 members (excludes halogenated alkanes) is 4. The molecule has 4 atom stereocenters. The zero-order valence-electron chi connectivity index (χ0n) is 18.5. The molecular formula is C24H40O5. The van der Waals surface area contributed by atoms with Gasteiger partial charge in [0.2, 0.25) is 0 Å². The monoisotopic (exact) mass is 408 g/mol. The van der Waals surface area contributed by atoms with Crippen LogP contribution in [-0.4, -0.2) is 42.8 Å². The Morgan fingerprint density at radius 1 is 1.14 bits per heavy atom. The molecule has 1 N–H and O–H groups in total. The van der Waals surface area contributed by atoms with E-state index in [1.54, 1.807) is 7.11 Å². The highest BCUT2D eigenvalue weighted by Gasteiger charge is 2.40. The maximum Gasteiger partial charge on any atom is 0.332 e. The van der Waals surface area contributed by atoms with E-state index in [-0.39, 0.29) is 23.7 Å². The summed E-state index contributed by atoms with van der Waals surface area (Å²) in [6.45, 7) is 4.63. The van der Waals surface area contributed by atoms with Crippen molar-refractivity contribution in [1.82, 2.24) is 0 Å². The van der Waals surface area contributed by atoms with E-state index in [4.69, 9.17) is 9.47 Å². The minimum absolute atomic E-state index is 0.0355. The number of carbonyl (C=O) groups excluding carboxylic acids is 1. The summed E-state index contributed by atoms with van der Waals surface area (Å²) in [6, 6.07) is 0. The number of carbonyl (C=O) groups is 2. The van der Waals surface area contributed by atoms with Crippen molar-refractivity contribution in [2.24, 2.45) is 11.8 Å². The first-order valence-electron chi connectivity index (χ1n) is 11.3. The number of hydrogen-bond acceptors (Lipinski definition) is 4. The Bertz CT molecular complexity index is 525. The third kappa shape index (κ3) is 9.72. The fraction of sp³-hybridized carbons (Fsp3) is 0.750. The molecule has 166 valence electrons. The molecule has 1 saturated carbocycles. The molecule has 1 aliphatic carbocycles. The van der Waals surface area contributed by atoms with Gasteiger partial charge in [0.15, 0.2) is 6.10 Å². The second-order valence-electron chi connectivity index (χ2n) is 7.89. The van der Waals surface area contributed by atoms with E-state index in [1.165, 1.54) is 25.7 Å². The number of aliphatic carboxylic acids is 1. The highest BCUT2D eigenvalue weighted by Crippen LogP contribution is 2.35. The van der Waals surface area contributed by atoms with Crippen LogP contribution in [0.15, 0.2) is 24.3 Å². The van der Waals surface area contributed by atoms with Gasteiger partial charge in [0.05, 0.1) is 6.10 Å². The first-order valence-corrected chi connectivity index (χ1v) is 11.3. The summed E-state index contributed by atoms with van der Waals surface area (Å²) in [5.74, 6) is -0.570. The number of ketones is 1. The average Bonchev–Trinajstić information content (AvgIpc) is 3.01. The van der Waals surface area contributed by atoms with Gasteiger partial charge in [0.25, 0.3) is 0 Å². The second-order valence-corrected chi connectivity index (χ2v) is 7.89. The Hall–Kier alpha value is -1.46. The quantitative estimate of drug-likeness (QED) is 0.276. The number of carboxylic acids is 1. The average molecular weight is 409 g/mol. The zero-order chi connectivity index (χ0) is 21.5. The van der Waals surface area contributed by atoms with Crippen LogP contribution in [0.4, 0.5) is 0 Å². The van der Waals surface area contributed by atoms with Crippen LogP contribution in [-0.2, 0) is 19.1 Å². The van der Waals surface area contributed by atoms with Crippen molar-refractivity contribution in [3.05, 3.63) is 24.3 Å². The van der Waals surface area contributed by atoms with Gasteiger partial charge in [-0.1, -0.05) is 57.4 Å². The smallest absolute Gasteiger partial charge is 0.332 e. The molecule has 1 fully saturated rings. The van der Waals surface area contributed by atoms with E-state index in [9.17, 15) is 14.7 Å². The Morgan fingerprint density at radius 2 is 1.93 bits per heavy atom. The van der Waals surface area contributed by atoms with Gasteiger partial charge in [0.1, 0.15) is 5.78 Å². The predicted octanol–water partition coefficient (Wildman–Crippen LogP) is 5.34. The van der Waals surface area contributed by atoms with Crippen LogP contribution in [0.1, 0.15) is 78.1 Å². The number of allylic oxidation sites excluding steroid dienone is 3. The van der Waals surface area contributed by atoms with E-state index >= 15 is 0 Å². The molecule has 29 heavy (non-hydrogen) atoms. The van der Waals surface area contributed by atoms with Crippen molar-refractivity contribution < 1.29 is 24.2 Å². The molecule has 0 amide bonds. The van der Waals surface area contributed by atoms with Gasteiger partial charge in [-0.2, -0.15) is 0 Å². The van der Waals surface area contributed by atoms with Gasteiger partial charge in [-0.05, 0) is 38.5 Å². The van der Waals surface area contributed by atoms with Gasteiger partial charge >= 0.3 is 5.97 Å². The topological polar surface area (TPSA) is 72.8 Å². The van der Waals surface area contributed by atoms with Gasteiger partial charge in [-0.25, -0.2) is 4.79 Å². The summed E-state index contributed by atoms with van der Waals surface area (Å²) < 4.78 is 10.9. The third-order valence-corrected chi connectivity index (χ3v) is 5.55. The van der Waals surface area contributed by atoms with Gasteiger partial charge in [0, 0.05) is 32.0 Å². The highest BCUT2D eigenvalue weighted by atomic mass is 16.5. The molecule has 0 heterocycles. The molecule has 5 nitrogen and oxygen atoms in total. The SMILES string of the molecule is CCCCCC/C=C/[C@H]1[C@H](OC)CC(=O)[C@@H]1C/C=C\CCC(OCCC)C(=O)O. The van der Waals surface area contributed by atoms with Crippen molar-refractivity contribution in [3.63, 3.8) is 0 Å². The summed E-state index contributed by atoms with van der Waals surface area (Å²) in [6.07, 6.45) is 16.6. The fourth-order valence-electron chi connectivity index (χ4n) is 3.84. The molecule has 0 aromatic rings. The summed E-state index contributed by atoms with van der Waals surface area (Å²) in [7, 11) is 1.68. The normalized spacial score (nSPS) is 23.4. The van der Waals surface area contributed by atoms with Gasteiger partial charge in [-0.15, -0.1) is 0 Å². The van der Waals surface area contributed by atoms with E-state index < -0.39 is 12.1 Å². The summed E-state index contributed by atoms with van der Waals surface area (Å²) in [4.78, 5) is 23.7. The number of ether oxygens (including phenoxy) is 2. The molecule has 0 spiro atoms. The molecule has 0 aromatic carbocycles. The van der Waals surface area contributed by atoms with Gasteiger partial charge < -0.3 is 14.6 Å². The van der Waals surface area contributed by atoms with E-state index in [1.807, 2.05) is 19.1 Å². The first-order chi connectivity index (χ1) is 14.0. The standard InChI is InChI=1S/C24H40O5/c1-4-6-7-8-9-11-15-20-19(21(25)18-23(20)28-3)14-12-10-13-16-22(24(26)27)29-17-5-2/h10-12,15,19-20,22-23H,4-9,13-14,16-18H2,1-3H3,(H,26,27)/b12-10-,15-11+/t19-,20-,22?,23-/m1/s1. The minimum atomic E-state index is -0.912. The van der Waals surface area contributed by atoms with Crippen molar-refractivity contribution in [1.29, 1.82) is 0 Å². The summed E-state index contributed by atoms with van der Waals surface area (Å²) in [5.41, 5.74) is 0. The fourth-order valence-corrected chi connectivity index (χ4v) is 3.84. The van der Waals surface area contributed by atoms with Crippen LogP contribution in [0.5, 0.6) is 0 Å². The van der Waals surface area contributed by atoms with Crippen LogP contribution in [0.2, 0.25) is 0 Å². The van der Waals surface area contributed by atoms with Crippen molar-refractivity contribution in [3.8, 4) is 0 Å². The van der Waals surface area contributed by atoms with Crippen LogP contribution in [0.25, 0.3) is 0 Å². The van der Waals surface area contributed by atoms with E-state index in [2.05, 4.69) is 19.1 Å². The van der Waals surface area contributed by atoms with Crippen LogP contribution < -0.4 is 0 Å². The molecule has 0 aromatic heterocycles. The van der Waals surface area contributed by atoms with Gasteiger partial charge in [-0.3, -0.25) is 4.79 Å². The third-order valence-electron chi connectivity index (χ3n) is 5.55. The minimum Gasteiger partial charge on any atom is -0.479 e. The highest BCUT2D eigenvalue weighted by molar-refractivity contribution is 5.84. The van der Waals surface area contributed by atoms with Crippen molar-refractivity contribution in [2.75, 3.05) is 13.7 Å². The maximum absolute atomic E-state index is 12.5. The molecule has 1 rings (SSSR count). The van der Waals surface area contributed by atoms with Crippen molar-refractivity contribution >= 4 is 11.8 Å². The van der Waals surface area contributed by atoms with Crippen LogP contribution >= 0.6 is 0 Å². The van der Waals surface area contributed by atoms with Crippen LogP contribution in [0.3, 0.4) is 0 Å². The number of rotatable bonds is 16. The number of methoxy groups -OCH3 is 1. The Kier molecular flexibility index (Phi) is 13.6. The van der Waals surface area contributed by atoms with Crippen molar-refractivity contribution in [2.45, 2.75) is 90.3 Å². The summed E-state index contributed by atoms with van der Waals surface area (Å²) >= 11 is 0. The molecule has 0 radical (unpaired) electrons. The lowest BCUT2D eigenvalue weighted by Crippen LogP contribution is -2.24. The molecule has 0 saturated heterocycles. The molecule has 0 bridgehead atoms. The maximum atomic E-state index is 12.5. The van der Waals surface area contributed by atoms with E-state index in [0.29, 0.717) is 32.3 Å². The molecule has 0 aliphatic heterocycles. The number of Topliss-reactive ketones (excluding diaryl/α,β-unsaturated/α-hetero) is 1. The lowest BCUT2D eigenvalue weighted by Gasteiger charge is -2.18. The Balaban J connectivity index is 2.51. The Labute approximate surface area is 176 Å². The zero-order valence-corrected chi connectivity index (χ0v) is 18.5. The molecular weight excluding hydrogens is 368 g/mol. The van der Waals surface area contributed by atoms with Crippen LogP contribution in [0, 0.1) is 11.8 Å². The lowest BCUT2D eigenvalue weighted by molar-refractivity contribution is -0.150. The molecule has 1 unspecified atom stereocenters. The predicted molar refractivity (Wildman–Crippen MR) is 116 cm³/mol. The largest absolute Gasteiger partial charge is 0.479 e. The molecule has 1 aliphatic rings. The Morgan fingerprint density at radius 3 is 2.59 bits per heavy atom. The second kappa shape index (κ2) is 15.4. The van der Waals surface area contributed by atoms with E-state index in [0.717, 1.165) is 12.8 Å². The molecule has 5 heteroatoms. The first kappa shape index (κ1) is 25.6. The number of carboxylic acid groups (broad SMARTS) is 1. The summed E-state index contributed by atoms with van der Waals surface area (Å²) in [5, 5.41) is 9.19. The lowest BCUT2D eigenvalue weighted by atomic mass is 9.90. The number of hydrogen-bond donors (Lipinski definition) is 1.